The van der Waals surface area contributed by atoms with Gasteiger partial charge in [0.1, 0.15) is 12.4 Å². The average Bonchev–Trinajstić information content (AvgIpc) is 3.01. The lowest BCUT2D eigenvalue weighted by Gasteiger charge is -2.30. The van der Waals surface area contributed by atoms with Crippen LogP contribution >= 0.6 is 0 Å². The Morgan fingerprint density at radius 1 is 1.24 bits per heavy atom. The lowest BCUT2D eigenvalue weighted by molar-refractivity contribution is -0.134. The smallest absolute Gasteiger partial charge is 0.267 e. The van der Waals surface area contributed by atoms with E-state index in [9.17, 15) is 22.4 Å². The van der Waals surface area contributed by atoms with Gasteiger partial charge in [-0.1, -0.05) is 13.8 Å². The van der Waals surface area contributed by atoms with Crippen LogP contribution < -0.4 is 5.56 Å². The second-order valence-corrected chi connectivity index (χ2v) is 9.95. The predicted molar refractivity (Wildman–Crippen MR) is 108 cm³/mol. The fraction of sp³-hybridized carbons (Fsp3) is 0.450. The zero-order valence-corrected chi connectivity index (χ0v) is 17.2. The molecule has 1 unspecified atom stereocenters. The van der Waals surface area contributed by atoms with Gasteiger partial charge in [0.05, 0.1) is 17.2 Å². The summed E-state index contributed by atoms with van der Waals surface area (Å²) in [6, 6.07) is 8.12. The van der Waals surface area contributed by atoms with Gasteiger partial charge < -0.3 is 4.90 Å². The molecule has 7 nitrogen and oxygen atoms in total. The molecule has 1 aromatic carbocycles. The highest BCUT2D eigenvalue weighted by Crippen LogP contribution is 2.20. The Labute approximate surface area is 169 Å². The Kier molecular flexibility index (Phi) is 6.16. The summed E-state index contributed by atoms with van der Waals surface area (Å²) in [4.78, 5) is 26.8. The van der Waals surface area contributed by atoms with E-state index in [1.165, 1.54) is 24.3 Å². The number of benzene rings is 1. The SMILES string of the molecule is CC(C)CN(C(=O)Cn1nc(-c2ccc(F)cc2)ccc1=O)C1CCS(=O)(=O)C1. The number of hydrogen-bond acceptors (Lipinski definition) is 5. The second kappa shape index (κ2) is 8.44. The molecule has 1 amide bonds. The number of amides is 1. The number of nitrogens with zero attached hydrogens (tertiary/aromatic N) is 3. The maximum Gasteiger partial charge on any atom is 0.267 e. The molecule has 0 bridgehead atoms. The summed E-state index contributed by atoms with van der Waals surface area (Å²) in [5, 5.41) is 4.24. The summed E-state index contributed by atoms with van der Waals surface area (Å²) in [5.74, 6) is -0.557. The van der Waals surface area contributed by atoms with E-state index in [0.717, 1.165) is 4.68 Å². The lowest BCUT2D eigenvalue weighted by atomic mass is 10.1. The molecule has 1 aromatic heterocycles. The Morgan fingerprint density at radius 3 is 2.52 bits per heavy atom. The van der Waals surface area contributed by atoms with Crippen molar-refractivity contribution in [3.8, 4) is 11.3 Å². The minimum atomic E-state index is -3.15. The van der Waals surface area contributed by atoms with Gasteiger partial charge in [-0.3, -0.25) is 9.59 Å². The van der Waals surface area contributed by atoms with Crippen LogP contribution in [0.2, 0.25) is 0 Å². The van der Waals surface area contributed by atoms with E-state index >= 15 is 0 Å². The summed E-state index contributed by atoms with van der Waals surface area (Å²) in [6.45, 7) is 4.02. The van der Waals surface area contributed by atoms with Crippen molar-refractivity contribution in [3.05, 3.63) is 52.6 Å². The van der Waals surface area contributed by atoms with Crippen LogP contribution in [0.3, 0.4) is 0 Å². The minimum Gasteiger partial charge on any atom is -0.337 e. The molecule has 0 radical (unpaired) electrons. The Morgan fingerprint density at radius 2 is 1.93 bits per heavy atom. The number of halogens is 1. The van der Waals surface area contributed by atoms with Crippen LogP contribution in [0.4, 0.5) is 4.39 Å². The van der Waals surface area contributed by atoms with Crippen molar-refractivity contribution in [1.29, 1.82) is 0 Å². The highest BCUT2D eigenvalue weighted by Gasteiger charge is 2.35. The predicted octanol–water partition coefficient (Wildman–Crippen LogP) is 1.72. The Balaban J connectivity index is 1.84. The van der Waals surface area contributed by atoms with E-state index in [4.69, 9.17) is 0 Å². The van der Waals surface area contributed by atoms with Gasteiger partial charge in [0.15, 0.2) is 9.84 Å². The first-order valence-corrected chi connectivity index (χ1v) is 11.3. The van der Waals surface area contributed by atoms with Gasteiger partial charge in [-0.25, -0.2) is 17.5 Å². The summed E-state index contributed by atoms with van der Waals surface area (Å²) in [6.07, 6.45) is 0.402. The number of aromatic nitrogens is 2. The molecule has 1 aliphatic heterocycles. The summed E-state index contributed by atoms with van der Waals surface area (Å²) in [7, 11) is -3.15. The highest BCUT2D eigenvalue weighted by atomic mass is 32.2. The van der Waals surface area contributed by atoms with Crippen LogP contribution in [0.25, 0.3) is 11.3 Å². The summed E-state index contributed by atoms with van der Waals surface area (Å²) >= 11 is 0. The fourth-order valence-corrected chi connectivity index (χ4v) is 5.16. The van der Waals surface area contributed by atoms with E-state index in [2.05, 4.69) is 5.10 Å². The number of rotatable bonds is 6. The van der Waals surface area contributed by atoms with Crippen LogP contribution in [0.1, 0.15) is 20.3 Å². The molecule has 9 heteroatoms. The largest absolute Gasteiger partial charge is 0.337 e. The molecule has 2 heterocycles. The van der Waals surface area contributed by atoms with Crippen molar-refractivity contribution in [2.24, 2.45) is 5.92 Å². The van der Waals surface area contributed by atoms with Crippen LogP contribution in [-0.4, -0.2) is 53.1 Å². The maximum absolute atomic E-state index is 13.1. The van der Waals surface area contributed by atoms with Gasteiger partial charge >= 0.3 is 0 Å². The van der Waals surface area contributed by atoms with Crippen molar-refractivity contribution in [2.75, 3.05) is 18.1 Å². The van der Waals surface area contributed by atoms with Crippen LogP contribution in [0.15, 0.2) is 41.2 Å². The first-order valence-electron chi connectivity index (χ1n) is 9.48. The fourth-order valence-electron chi connectivity index (χ4n) is 3.42. The van der Waals surface area contributed by atoms with Gasteiger partial charge in [0.25, 0.3) is 5.56 Å². The maximum atomic E-state index is 13.1. The van der Waals surface area contributed by atoms with Crippen molar-refractivity contribution in [3.63, 3.8) is 0 Å². The molecule has 0 aliphatic carbocycles. The molecule has 1 saturated heterocycles. The molecular formula is C20H24FN3O4S. The zero-order valence-electron chi connectivity index (χ0n) is 16.4. The summed E-state index contributed by atoms with van der Waals surface area (Å²) in [5.41, 5.74) is 0.623. The van der Waals surface area contributed by atoms with E-state index in [0.29, 0.717) is 24.2 Å². The Hall–Kier alpha value is -2.55. The molecule has 156 valence electrons. The molecule has 0 spiro atoms. The van der Waals surface area contributed by atoms with E-state index in [1.54, 1.807) is 17.0 Å². The molecule has 1 atom stereocenters. The second-order valence-electron chi connectivity index (χ2n) is 7.72. The third-order valence-corrected chi connectivity index (χ3v) is 6.57. The third kappa shape index (κ3) is 5.29. The number of carbonyl (C=O) groups excluding carboxylic acids is 1. The molecule has 0 N–H and O–H groups in total. The van der Waals surface area contributed by atoms with Crippen molar-refractivity contribution in [1.82, 2.24) is 14.7 Å². The van der Waals surface area contributed by atoms with Crippen LogP contribution in [0, 0.1) is 11.7 Å². The van der Waals surface area contributed by atoms with E-state index in [-0.39, 0.29) is 41.7 Å². The van der Waals surface area contributed by atoms with Gasteiger partial charge in [0, 0.05) is 24.2 Å². The van der Waals surface area contributed by atoms with Crippen molar-refractivity contribution >= 4 is 15.7 Å². The highest BCUT2D eigenvalue weighted by molar-refractivity contribution is 7.91. The molecule has 2 aromatic rings. The van der Waals surface area contributed by atoms with Crippen LogP contribution in [-0.2, 0) is 21.2 Å². The Bertz CT molecular complexity index is 1050. The monoisotopic (exact) mass is 421 g/mol. The quantitative estimate of drug-likeness (QED) is 0.709. The lowest BCUT2D eigenvalue weighted by Crippen LogP contribution is -2.46. The number of hydrogen-bond donors (Lipinski definition) is 0. The zero-order chi connectivity index (χ0) is 21.2. The van der Waals surface area contributed by atoms with E-state index < -0.39 is 15.4 Å². The molecular weight excluding hydrogens is 397 g/mol. The molecule has 1 fully saturated rings. The number of sulfone groups is 1. The van der Waals surface area contributed by atoms with E-state index in [1.807, 2.05) is 13.8 Å². The summed E-state index contributed by atoms with van der Waals surface area (Å²) < 4.78 is 37.9. The molecule has 29 heavy (non-hydrogen) atoms. The standard InChI is InChI=1S/C20H24FN3O4S/c1-14(2)11-23(17-9-10-29(27,28)13-17)20(26)12-24-19(25)8-7-18(22-24)15-3-5-16(21)6-4-15/h3-8,14,17H,9-13H2,1-2H3. The van der Waals surface area contributed by atoms with Gasteiger partial charge in [-0.15, -0.1) is 0 Å². The van der Waals surface area contributed by atoms with Gasteiger partial charge in [0.2, 0.25) is 5.91 Å². The average molecular weight is 421 g/mol. The van der Waals surface area contributed by atoms with Crippen molar-refractivity contribution in [2.45, 2.75) is 32.9 Å². The minimum absolute atomic E-state index is 0.0522. The van der Waals surface area contributed by atoms with Crippen molar-refractivity contribution < 1.29 is 17.6 Å². The first-order chi connectivity index (χ1) is 13.6. The molecule has 3 rings (SSSR count). The normalized spacial score (nSPS) is 18.1. The molecule has 0 saturated carbocycles. The first kappa shape index (κ1) is 21.2. The number of carbonyl (C=O) groups is 1. The van der Waals surface area contributed by atoms with Crippen LogP contribution in [0.5, 0.6) is 0 Å². The van der Waals surface area contributed by atoms with Gasteiger partial charge in [-0.2, -0.15) is 5.10 Å². The van der Waals surface area contributed by atoms with Gasteiger partial charge in [-0.05, 0) is 42.7 Å². The third-order valence-electron chi connectivity index (χ3n) is 4.82. The molecule has 1 aliphatic rings. The topological polar surface area (TPSA) is 89.3 Å².